The zero-order chi connectivity index (χ0) is 28.6. The number of anilines is 1. The highest BCUT2D eigenvalue weighted by molar-refractivity contribution is 7.90. The molecule has 15 heteroatoms. The molecule has 0 aliphatic heterocycles. The number of benzene rings is 1. The molecular formula is C23H26ClN5O8S. The van der Waals surface area contributed by atoms with Gasteiger partial charge in [-0.25, -0.2) is 26.8 Å². The maximum Gasteiger partial charge on any atom is 0.440 e. The van der Waals surface area contributed by atoms with Crippen molar-refractivity contribution in [3.05, 3.63) is 47.9 Å². The molecule has 3 aromatic rings. The van der Waals surface area contributed by atoms with Crippen LogP contribution in [-0.2, 0) is 19.5 Å². The molecule has 2 aromatic heterocycles. The van der Waals surface area contributed by atoms with E-state index < -0.39 is 50.6 Å². The molecule has 13 nitrogen and oxygen atoms in total. The summed E-state index contributed by atoms with van der Waals surface area (Å²) < 4.78 is 37.8. The molecule has 0 bridgehead atoms. The largest absolute Gasteiger partial charge is 0.463 e. The zero-order valence-electron chi connectivity index (χ0n) is 21.4. The van der Waals surface area contributed by atoms with Gasteiger partial charge in [0.05, 0.1) is 10.3 Å². The Labute approximate surface area is 223 Å². The second-order valence-electron chi connectivity index (χ2n) is 9.85. The molecule has 0 unspecified atom stereocenters. The molecular weight excluding hydrogens is 542 g/mol. The number of hydrazine groups is 1. The number of rotatable bonds is 3. The Bertz CT molecular complexity index is 1470. The van der Waals surface area contributed by atoms with Crippen LogP contribution in [0.15, 0.2) is 47.5 Å². The van der Waals surface area contributed by atoms with E-state index in [0.29, 0.717) is 0 Å². The average molecular weight is 568 g/mol. The number of hydrogen-bond donors (Lipinski definition) is 1. The lowest BCUT2D eigenvalue weighted by Crippen LogP contribution is -2.55. The van der Waals surface area contributed by atoms with E-state index in [1.807, 2.05) is 0 Å². The summed E-state index contributed by atoms with van der Waals surface area (Å²) in [5, 5.41) is 9.67. The van der Waals surface area contributed by atoms with Gasteiger partial charge in [0.2, 0.25) is 5.28 Å². The minimum absolute atomic E-state index is 0.0759. The van der Waals surface area contributed by atoms with Crippen molar-refractivity contribution in [2.45, 2.75) is 57.6 Å². The van der Waals surface area contributed by atoms with Crippen LogP contribution in [0.4, 0.5) is 20.2 Å². The Hall–Kier alpha value is -3.91. The second-order valence-corrected chi connectivity index (χ2v) is 12.0. The van der Waals surface area contributed by atoms with Crippen molar-refractivity contribution in [3.63, 3.8) is 0 Å². The molecule has 204 valence electrons. The van der Waals surface area contributed by atoms with Crippen LogP contribution in [0.5, 0.6) is 0 Å². The molecule has 0 saturated carbocycles. The van der Waals surface area contributed by atoms with Crippen LogP contribution < -0.4 is 5.01 Å². The van der Waals surface area contributed by atoms with E-state index in [2.05, 4.69) is 9.97 Å². The number of amides is 3. The predicted octanol–water partition coefficient (Wildman–Crippen LogP) is 4.89. The number of imide groups is 1. The average Bonchev–Trinajstić information content (AvgIpc) is 3.19. The Balaban J connectivity index is 2.26. The number of fused-ring (bicyclic) bond motifs is 1. The van der Waals surface area contributed by atoms with E-state index in [4.69, 9.17) is 21.1 Å². The fourth-order valence-corrected chi connectivity index (χ4v) is 4.61. The topological polar surface area (TPSA) is 161 Å². The Kier molecular flexibility index (Phi) is 7.62. The summed E-state index contributed by atoms with van der Waals surface area (Å²) >= 11 is 6.07. The van der Waals surface area contributed by atoms with E-state index in [1.54, 1.807) is 6.07 Å². The van der Waals surface area contributed by atoms with Crippen molar-refractivity contribution in [3.8, 4) is 0 Å². The quantitative estimate of drug-likeness (QED) is 0.340. The monoisotopic (exact) mass is 567 g/mol. The van der Waals surface area contributed by atoms with Crippen molar-refractivity contribution in [2.24, 2.45) is 0 Å². The first-order valence-electron chi connectivity index (χ1n) is 11.1. The fourth-order valence-electron chi connectivity index (χ4n) is 3.13. The highest BCUT2D eigenvalue weighted by Crippen LogP contribution is 2.31. The minimum Gasteiger partial charge on any atom is -0.463 e. The first-order valence-corrected chi connectivity index (χ1v) is 12.9. The molecule has 0 saturated heterocycles. The molecule has 3 rings (SSSR count). The van der Waals surface area contributed by atoms with Gasteiger partial charge in [0, 0.05) is 6.20 Å². The summed E-state index contributed by atoms with van der Waals surface area (Å²) in [5.74, 6) is -0.591. The molecule has 0 fully saturated rings. The van der Waals surface area contributed by atoms with Gasteiger partial charge in [0.25, 0.3) is 10.0 Å². The summed E-state index contributed by atoms with van der Waals surface area (Å²) in [7, 11) is -4.20. The number of hydrogen-bond acceptors (Lipinski definition) is 9. The maximum atomic E-state index is 13.3. The van der Waals surface area contributed by atoms with Crippen molar-refractivity contribution in [2.75, 3.05) is 5.01 Å². The van der Waals surface area contributed by atoms with E-state index >= 15 is 0 Å². The lowest BCUT2D eigenvalue weighted by molar-refractivity contribution is -0.000937. The lowest BCUT2D eigenvalue weighted by Gasteiger charge is -2.33. The summed E-state index contributed by atoms with van der Waals surface area (Å²) in [6.07, 6.45) is -3.52. The molecule has 1 N–H and O–H groups in total. The van der Waals surface area contributed by atoms with E-state index in [1.165, 1.54) is 71.9 Å². The van der Waals surface area contributed by atoms with Gasteiger partial charge in [0.1, 0.15) is 11.2 Å². The molecule has 3 amide bonds. The Morgan fingerprint density at radius 2 is 1.45 bits per heavy atom. The van der Waals surface area contributed by atoms with Gasteiger partial charge in [-0.3, -0.25) is 0 Å². The first-order chi connectivity index (χ1) is 17.4. The summed E-state index contributed by atoms with van der Waals surface area (Å²) in [6, 6.07) is 8.62. The SMILES string of the molecule is CC(C)(C)OC(=O)N(C(=O)OC(C)(C)C)N(C(=O)O)c1nc(Cl)nc2c1ccn2S(=O)(=O)c1ccccc1. The van der Waals surface area contributed by atoms with Crippen LogP contribution in [0, 0.1) is 0 Å². The van der Waals surface area contributed by atoms with Gasteiger partial charge < -0.3 is 14.6 Å². The smallest absolute Gasteiger partial charge is 0.440 e. The van der Waals surface area contributed by atoms with Gasteiger partial charge in [-0.05, 0) is 71.3 Å². The third-order valence-corrected chi connectivity index (χ3v) is 6.33. The highest BCUT2D eigenvalue weighted by Gasteiger charge is 2.41. The minimum atomic E-state index is -4.20. The van der Waals surface area contributed by atoms with Crippen molar-refractivity contribution >= 4 is 56.8 Å². The number of carbonyl (C=O) groups excluding carboxylic acids is 2. The van der Waals surface area contributed by atoms with Gasteiger partial charge in [-0.15, -0.1) is 5.01 Å². The van der Waals surface area contributed by atoms with Crippen LogP contribution in [0.25, 0.3) is 11.0 Å². The number of ether oxygens (including phenoxy) is 2. The fraction of sp³-hybridized carbons (Fsp3) is 0.348. The van der Waals surface area contributed by atoms with E-state index in [-0.39, 0.29) is 25.9 Å². The number of carbonyl (C=O) groups is 3. The number of nitrogens with zero attached hydrogens (tertiary/aromatic N) is 5. The summed E-state index contributed by atoms with van der Waals surface area (Å²) in [4.78, 5) is 46.5. The van der Waals surface area contributed by atoms with Crippen molar-refractivity contribution < 1.29 is 37.4 Å². The second kappa shape index (κ2) is 10.1. The Morgan fingerprint density at radius 3 is 1.92 bits per heavy atom. The third kappa shape index (κ3) is 6.14. The van der Waals surface area contributed by atoms with Crippen LogP contribution in [-0.4, -0.2) is 62.0 Å². The van der Waals surface area contributed by atoms with Crippen LogP contribution in [0.1, 0.15) is 41.5 Å². The molecule has 0 atom stereocenters. The number of aromatic nitrogens is 3. The number of carboxylic acid groups (broad SMARTS) is 1. The lowest BCUT2D eigenvalue weighted by atomic mass is 10.2. The highest BCUT2D eigenvalue weighted by atomic mass is 35.5. The Morgan fingerprint density at radius 1 is 0.921 bits per heavy atom. The standard InChI is InChI=1S/C23H26ClN5O8S/c1-22(2,3)36-20(32)29(21(33)37-23(4,5)6)28(19(30)31)17-15-12-13-27(16(15)25-18(24)26-17)38(34,35)14-10-8-7-9-11-14/h7-13H,1-6H3,(H,30,31). The molecule has 38 heavy (non-hydrogen) atoms. The van der Waals surface area contributed by atoms with E-state index in [9.17, 15) is 27.9 Å². The van der Waals surface area contributed by atoms with E-state index in [0.717, 1.165) is 10.2 Å². The molecule has 1 aromatic carbocycles. The zero-order valence-corrected chi connectivity index (χ0v) is 22.9. The van der Waals surface area contributed by atoms with Gasteiger partial charge in [-0.1, -0.05) is 18.2 Å². The van der Waals surface area contributed by atoms with Crippen LogP contribution >= 0.6 is 11.6 Å². The molecule has 0 spiro atoms. The molecule has 0 aliphatic rings. The molecule has 0 radical (unpaired) electrons. The van der Waals surface area contributed by atoms with Gasteiger partial charge >= 0.3 is 18.3 Å². The van der Waals surface area contributed by atoms with Crippen molar-refractivity contribution in [1.82, 2.24) is 18.9 Å². The molecule has 0 aliphatic carbocycles. The predicted molar refractivity (Wildman–Crippen MR) is 136 cm³/mol. The summed E-state index contributed by atoms with van der Waals surface area (Å²) in [5.41, 5.74) is -2.57. The van der Waals surface area contributed by atoms with Crippen LogP contribution in [0.3, 0.4) is 0 Å². The maximum absolute atomic E-state index is 13.3. The normalized spacial score (nSPS) is 12.2. The molecule has 2 heterocycles. The summed E-state index contributed by atoms with van der Waals surface area (Å²) in [6.45, 7) is 9.07. The number of halogens is 1. The third-order valence-electron chi connectivity index (χ3n) is 4.48. The first kappa shape index (κ1) is 28.7. The van der Waals surface area contributed by atoms with Crippen molar-refractivity contribution in [1.29, 1.82) is 0 Å². The van der Waals surface area contributed by atoms with Gasteiger partial charge in [0.15, 0.2) is 11.5 Å². The van der Waals surface area contributed by atoms with Gasteiger partial charge in [-0.2, -0.15) is 15.0 Å². The van der Waals surface area contributed by atoms with Crippen LogP contribution in [0.2, 0.25) is 5.28 Å².